The first-order valence-electron chi connectivity index (χ1n) is 7.07. The topological polar surface area (TPSA) is 34.4 Å². The first kappa shape index (κ1) is 13.6. The largest absolute Gasteiger partial charge is 0.462 e. The Labute approximate surface area is 110 Å². The quantitative estimate of drug-likeness (QED) is 0.767. The molecular weight excluding hydrogens is 226 g/mol. The highest BCUT2D eigenvalue weighted by atomic mass is 16.5. The van der Waals surface area contributed by atoms with E-state index in [1.165, 1.54) is 12.8 Å². The molecule has 1 saturated carbocycles. The van der Waals surface area contributed by atoms with Crippen LogP contribution in [-0.4, -0.2) is 13.7 Å². The molecule has 2 unspecified atom stereocenters. The third-order valence-electron chi connectivity index (χ3n) is 3.78. The Morgan fingerprint density at radius 1 is 1.44 bits per heavy atom. The fourth-order valence-electron chi connectivity index (χ4n) is 2.52. The van der Waals surface area contributed by atoms with Gasteiger partial charge in [-0.05, 0) is 49.8 Å². The van der Waals surface area contributed by atoms with E-state index in [-0.39, 0.29) is 0 Å². The van der Waals surface area contributed by atoms with Crippen molar-refractivity contribution in [2.24, 2.45) is 11.8 Å². The molecular formula is C15H25NO2. The van der Waals surface area contributed by atoms with Crippen LogP contribution in [-0.2, 0) is 11.3 Å². The minimum absolute atomic E-state index is 0.350. The minimum Gasteiger partial charge on any atom is -0.462 e. The highest BCUT2D eigenvalue weighted by Crippen LogP contribution is 2.42. The molecule has 2 atom stereocenters. The van der Waals surface area contributed by atoms with E-state index < -0.39 is 0 Å². The Morgan fingerprint density at radius 3 is 2.83 bits per heavy atom. The Bertz CT molecular complexity index is 357. The number of nitrogens with one attached hydrogen (secondary N) is 1. The lowest BCUT2D eigenvalue weighted by atomic mass is 9.94. The molecule has 0 radical (unpaired) electrons. The van der Waals surface area contributed by atoms with Crippen LogP contribution in [0.15, 0.2) is 16.5 Å². The van der Waals surface area contributed by atoms with Gasteiger partial charge < -0.3 is 14.5 Å². The predicted molar refractivity (Wildman–Crippen MR) is 72.3 cm³/mol. The van der Waals surface area contributed by atoms with Crippen LogP contribution in [0.1, 0.15) is 50.7 Å². The summed E-state index contributed by atoms with van der Waals surface area (Å²) in [6, 6.07) is 4.47. The molecule has 0 aliphatic heterocycles. The summed E-state index contributed by atoms with van der Waals surface area (Å²) < 4.78 is 11.0. The summed E-state index contributed by atoms with van der Waals surface area (Å²) in [6.07, 6.45) is 3.90. The second-order valence-electron chi connectivity index (χ2n) is 5.37. The molecule has 1 heterocycles. The van der Waals surface area contributed by atoms with Crippen molar-refractivity contribution in [3.63, 3.8) is 0 Å². The lowest BCUT2D eigenvalue weighted by Gasteiger charge is -2.23. The second kappa shape index (κ2) is 6.39. The van der Waals surface area contributed by atoms with Gasteiger partial charge in [-0.1, -0.05) is 13.8 Å². The molecule has 1 N–H and O–H groups in total. The summed E-state index contributed by atoms with van der Waals surface area (Å²) in [5, 5.41) is 3.63. The summed E-state index contributed by atoms with van der Waals surface area (Å²) in [5.41, 5.74) is 0. The average molecular weight is 251 g/mol. The molecule has 1 aromatic rings. The fraction of sp³-hybridized carbons (Fsp3) is 0.733. The normalized spacial score (nSPS) is 18.8. The number of methoxy groups -OCH3 is 1. The molecule has 102 valence electrons. The van der Waals surface area contributed by atoms with E-state index in [0.29, 0.717) is 18.6 Å². The lowest BCUT2D eigenvalue weighted by molar-refractivity contribution is 0.159. The molecule has 2 rings (SSSR count). The maximum absolute atomic E-state index is 5.89. The van der Waals surface area contributed by atoms with E-state index in [4.69, 9.17) is 9.15 Å². The number of hydrogen-bond acceptors (Lipinski definition) is 3. The highest BCUT2D eigenvalue weighted by molar-refractivity contribution is 5.12. The number of ether oxygens (including phenoxy) is 1. The van der Waals surface area contributed by atoms with Crippen molar-refractivity contribution >= 4 is 0 Å². The molecule has 0 saturated heterocycles. The Morgan fingerprint density at radius 2 is 2.22 bits per heavy atom. The van der Waals surface area contributed by atoms with Crippen molar-refractivity contribution in [2.75, 3.05) is 13.7 Å². The van der Waals surface area contributed by atoms with Gasteiger partial charge in [0.1, 0.15) is 18.1 Å². The molecule has 1 fully saturated rings. The molecule has 0 spiro atoms. The maximum atomic E-state index is 5.89. The number of hydrogen-bond donors (Lipinski definition) is 1. The van der Waals surface area contributed by atoms with Crippen LogP contribution in [0.2, 0.25) is 0 Å². The minimum atomic E-state index is 0.350. The molecule has 1 aromatic heterocycles. The third-order valence-corrected chi connectivity index (χ3v) is 3.78. The van der Waals surface area contributed by atoms with Crippen molar-refractivity contribution in [3.8, 4) is 0 Å². The SMILES string of the molecule is CCCNC(c1ccc(COC)o1)C(C)C1CC1. The zero-order valence-electron chi connectivity index (χ0n) is 11.7. The lowest BCUT2D eigenvalue weighted by Crippen LogP contribution is -2.28. The summed E-state index contributed by atoms with van der Waals surface area (Å²) in [4.78, 5) is 0. The zero-order valence-corrected chi connectivity index (χ0v) is 11.7. The summed E-state index contributed by atoms with van der Waals surface area (Å²) in [6.45, 7) is 6.13. The average Bonchev–Trinajstić information content (AvgIpc) is 3.12. The van der Waals surface area contributed by atoms with Gasteiger partial charge in [0, 0.05) is 7.11 Å². The van der Waals surface area contributed by atoms with Crippen LogP contribution in [0.5, 0.6) is 0 Å². The van der Waals surface area contributed by atoms with Gasteiger partial charge in [-0.3, -0.25) is 0 Å². The van der Waals surface area contributed by atoms with Crippen LogP contribution in [0.4, 0.5) is 0 Å². The number of furan rings is 1. The fourth-order valence-corrected chi connectivity index (χ4v) is 2.52. The van der Waals surface area contributed by atoms with Crippen LogP contribution in [0, 0.1) is 11.8 Å². The standard InChI is InChI=1S/C15H25NO2/c1-4-9-16-15(11(2)12-5-6-12)14-8-7-13(18-14)10-17-3/h7-8,11-12,15-16H,4-6,9-10H2,1-3H3. The number of rotatable bonds is 8. The molecule has 3 heteroatoms. The first-order valence-corrected chi connectivity index (χ1v) is 7.07. The van der Waals surface area contributed by atoms with E-state index in [2.05, 4.69) is 25.2 Å². The van der Waals surface area contributed by atoms with Gasteiger partial charge in [-0.25, -0.2) is 0 Å². The molecule has 0 aromatic carbocycles. The van der Waals surface area contributed by atoms with Crippen LogP contribution in [0.3, 0.4) is 0 Å². The van der Waals surface area contributed by atoms with Gasteiger partial charge in [-0.2, -0.15) is 0 Å². The van der Waals surface area contributed by atoms with Crippen molar-refractivity contribution in [3.05, 3.63) is 23.7 Å². The van der Waals surface area contributed by atoms with Gasteiger partial charge >= 0.3 is 0 Å². The summed E-state index contributed by atoms with van der Waals surface area (Å²) in [7, 11) is 1.70. The molecule has 18 heavy (non-hydrogen) atoms. The van der Waals surface area contributed by atoms with E-state index in [1.807, 2.05) is 6.07 Å². The smallest absolute Gasteiger partial charge is 0.129 e. The molecule has 0 amide bonds. The summed E-state index contributed by atoms with van der Waals surface area (Å²) >= 11 is 0. The molecule has 0 bridgehead atoms. The Balaban J connectivity index is 2.05. The van der Waals surface area contributed by atoms with Gasteiger partial charge in [0.25, 0.3) is 0 Å². The zero-order chi connectivity index (χ0) is 13.0. The van der Waals surface area contributed by atoms with Gasteiger partial charge in [0.15, 0.2) is 0 Å². The van der Waals surface area contributed by atoms with Gasteiger partial charge in [0.2, 0.25) is 0 Å². The molecule has 1 aliphatic rings. The first-order chi connectivity index (χ1) is 8.76. The van der Waals surface area contributed by atoms with Gasteiger partial charge in [0.05, 0.1) is 6.04 Å². The van der Waals surface area contributed by atoms with Crippen molar-refractivity contribution in [1.82, 2.24) is 5.32 Å². The Hall–Kier alpha value is -0.800. The Kier molecular flexibility index (Phi) is 4.84. The molecule has 3 nitrogen and oxygen atoms in total. The predicted octanol–water partition coefficient (Wildman–Crippen LogP) is 3.51. The van der Waals surface area contributed by atoms with Crippen molar-refractivity contribution in [2.45, 2.75) is 45.8 Å². The molecule has 1 aliphatic carbocycles. The van der Waals surface area contributed by atoms with E-state index in [1.54, 1.807) is 7.11 Å². The van der Waals surface area contributed by atoms with E-state index in [0.717, 1.165) is 30.4 Å². The monoisotopic (exact) mass is 251 g/mol. The van der Waals surface area contributed by atoms with E-state index >= 15 is 0 Å². The van der Waals surface area contributed by atoms with Gasteiger partial charge in [-0.15, -0.1) is 0 Å². The summed E-state index contributed by atoms with van der Waals surface area (Å²) in [5.74, 6) is 3.50. The second-order valence-corrected chi connectivity index (χ2v) is 5.37. The van der Waals surface area contributed by atoms with Crippen molar-refractivity contribution in [1.29, 1.82) is 0 Å². The van der Waals surface area contributed by atoms with Crippen LogP contribution < -0.4 is 5.32 Å². The maximum Gasteiger partial charge on any atom is 0.129 e. The van der Waals surface area contributed by atoms with Crippen LogP contribution >= 0.6 is 0 Å². The van der Waals surface area contributed by atoms with Crippen molar-refractivity contribution < 1.29 is 9.15 Å². The van der Waals surface area contributed by atoms with Crippen LogP contribution in [0.25, 0.3) is 0 Å². The third kappa shape index (κ3) is 3.36. The van der Waals surface area contributed by atoms with E-state index in [9.17, 15) is 0 Å². The highest BCUT2D eigenvalue weighted by Gasteiger charge is 2.35.